The largest absolute Gasteiger partial charge is 0.497 e. The van der Waals surface area contributed by atoms with E-state index in [-0.39, 0.29) is 11.9 Å². The zero-order valence-corrected chi connectivity index (χ0v) is 12.3. The summed E-state index contributed by atoms with van der Waals surface area (Å²) in [4.78, 5) is 13.7. The molecule has 0 saturated heterocycles. The van der Waals surface area contributed by atoms with Crippen molar-refractivity contribution in [3.05, 3.63) is 29.8 Å². The van der Waals surface area contributed by atoms with Crippen LogP contribution in [0, 0.1) is 0 Å². The smallest absolute Gasteiger partial charge is 0.236 e. The normalized spacial score (nSPS) is 12.0. The van der Waals surface area contributed by atoms with Crippen molar-refractivity contribution in [2.45, 2.75) is 26.8 Å². The second kappa shape index (κ2) is 7.79. The van der Waals surface area contributed by atoms with Gasteiger partial charge in [0.25, 0.3) is 0 Å². The van der Waals surface area contributed by atoms with E-state index in [0.29, 0.717) is 6.54 Å². The molecule has 0 spiro atoms. The minimum Gasteiger partial charge on any atom is -0.497 e. The van der Waals surface area contributed by atoms with Crippen molar-refractivity contribution >= 4 is 5.91 Å². The summed E-state index contributed by atoms with van der Waals surface area (Å²) in [5.41, 5.74) is 1.12. The summed E-state index contributed by atoms with van der Waals surface area (Å²) in [5.74, 6) is 0.973. The van der Waals surface area contributed by atoms with Gasteiger partial charge in [0.05, 0.1) is 13.7 Å². The van der Waals surface area contributed by atoms with Gasteiger partial charge in [-0.05, 0) is 38.5 Å². The molecule has 0 aliphatic heterocycles. The molecule has 1 aromatic rings. The Hall–Kier alpha value is -1.55. The van der Waals surface area contributed by atoms with Crippen LogP contribution in [0.3, 0.4) is 0 Å². The lowest BCUT2D eigenvalue weighted by molar-refractivity contribution is -0.129. The maximum atomic E-state index is 11.9. The topological polar surface area (TPSA) is 41.6 Å². The first kappa shape index (κ1) is 15.5. The summed E-state index contributed by atoms with van der Waals surface area (Å²) < 4.78 is 5.20. The summed E-state index contributed by atoms with van der Waals surface area (Å²) in [6, 6.07) is 8.01. The molecule has 19 heavy (non-hydrogen) atoms. The van der Waals surface area contributed by atoms with Crippen molar-refractivity contribution in [1.82, 2.24) is 10.2 Å². The van der Waals surface area contributed by atoms with Crippen LogP contribution in [0.5, 0.6) is 5.75 Å². The molecular formula is C15H24N2O2. The van der Waals surface area contributed by atoms with E-state index in [4.69, 9.17) is 4.74 Å². The fourth-order valence-corrected chi connectivity index (χ4v) is 1.96. The summed E-state index contributed by atoms with van der Waals surface area (Å²) in [6.45, 7) is 7.90. The van der Waals surface area contributed by atoms with Gasteiger partial charge in [0.15, 0.2) is 0 Å². The van der Waals surface area contributed by atoms with Crippen molar-refractivity contribution in [1.29, 1.82) is 0 Å². The van der Waals surface area contributed by atoms with Gasteiger partial charge in [-0.2, -0.15) is 0 Å². The number of methoxy groups -OCH3 is 1. The first-order valence-corrected chi connectivity index (χ1v) is 6.77. The molecule has 0 aliphatic carbocycles. The van der Waals surface area contributed by atoms with Crippen LogP contribution in [0.1, 0.15) is 32.4 Å². The Labute approximate surface area is 115 Å². The highest BCUT2D eigenvalue weighted by Crippen LogP contribution is 2.18. The molecule has 0 fully saturated rings. The van der Waals surface area contributed by atoms with E-state index in [1.807, 2.05) is 49.9 Å². The van der Waals surface area contributed by atoms with E-state index < -0.39 is 0 Å². The minimum atomic E-state index is 0.120. The highest BCUT2D eigenvalue weighted by molar-refractivity contribution is 5.78. The van der Waals surface area contributed by atoms with Gasteiger partial charge in [0.1, 0.15) is 5.75 Å². The van der Waals surface area contributed by atoms with Crippen molar-refractivity contribution < 1.29 is 9.53 Å². The maximum absolute atomic E-state index is 11.9. The van der Waals surface area contributed by atoms with E-state index in [1.165, 1.54) is 0 Å². The molecule has 0 aromatic heterocycles. The Balaban J connectivity index is 2.55. The molecule has 4 heteroatoms. The fourth-order valence-electron chi connectivity index (χ4n) is 1.96. The third-order valence-corrected chi connectivity index (χ3v) is 3.27. The number of hydrogen-bond acceptors (Lipinski definition) is 3. The monoisotopic (exact) mass is 264 g/mol. The second-order valence-corrected chi connectivity index (χ2v) is 4.45. The van der Waals surface area contributed by atoms with E-state index in [0.717, 1.165) is 24.4 Å². The molecule has 106 valence electrons. The van der Waals surface area contributed by atoms with E-state index >= 15 is 0 Å². The zero-order chi connectivity index (χ0) is 14.3. The van der Waals surface area contributed by atoms with E-state index in [9.17, 15) is 4.79 Å². The molecule has 1 unspecified atom stereocenters. The molecule has 0 radical (unpaired) electrons. The Kier molecular flexibility index (Phi) is 6.36. The molecule has 1 amide bonds. The number of ether oxygens (including phenoxy) is 1. The van der Waals surface area contributed by atoms with Crippen molar-refractivity contribution in [3.8, 4) is 5.75 Å². The molecule has 4 nitrogen and oxygen atoms in total. The van der Waals surface area contributed by atoms with Gasteiger partial charge in [-0.15, -0.1) is 0 Å². The molecular weight excluding hydrogens is 240 g/mol. The number of carbonyl (C=O) groups excluding carboxylic acids is 1. The van der Waals surface area contributed by atoms with Crippen LogP contribution < -0.4 is 10.1 Å². The molecule has 1 N–H and O–H groups in total. The van der Waals surface area contributed by atoms with Gasteiger partial charge in [-0.3, -0.25) is 4.79 Å². The van der Waals surface area contributed by atoms with E-state index in [2.05, 4.69) is 5.32 Å². The molecule has 0 heterocycles. The predicted molar refractivity (Wildman–Crippen MR) is 77.3 cm³/mol. The van der Waals surface area contributed by atoms with Crippen LogP contribution in [0.2, 0.25) is 0 Å². The van der Waals surface area contributed by atoms with Gasteiger partial charge in [-0.1, -0.05) is 12.1 Å². The van der Waals surface area contributed by atoms with Crippen molar-refractivity contribution in [2.24, 2.45) is 0 Å². The van der Waals surface area contributed by atoms with Gasteiger partial charge in [-0.25, -0.2) is 0 Å². The van der Waals surface area contributed by atoms with Crippen LogP contribution in [-0.2, 0) is 4.79 Å². The van der Waals surface area contributed by atoms with Gasteiger partial charge < -0.3 is 15.0 Å². The number of likely N-dealkylation sites (N-methyl/N-ethyl adjacent to an activating group) is 1. The van der Waals surface area contributed by atoms with Crippen LogP contribution in [0.25, 0.3) is 0 Å². The van der Waals surface area contributed by atoms with Crippen LogP contribution in [0.15, 0.2) is 24.3 Å². The number of nitrogens with one attached hydrogen (secondary N) is 1. The number of benzene rings is 1. The lowest BCUT2D eigenvalue weighted by atomic mass is 10.1. The number of carbonyl (C=O) groups is 1. The third-order valence-electron chi connectivity index (χ3n) is 3.27. The quantitative estimate of drug-likeness (QED) is 0.821. The molecule has 1 atom stereocenters. The first-order valence-electron chi connectivity index (χ1n) is 6.77. The Morgan fingerprint density at radius 3 is 2.63 bits per heavy atom. The molecule has 0 saturated carbocycles. The first-order chi connectivity index (χ1) is 9.12. The summed E-state index contributed by atoms with van der Waals surface area (Å²) in [6.07, 6.45) is 0. The average molecular weight is 264 g/mol. The SMILES string of the molecule is CCN(CC)C(=O)CNC(C)c1cccc(OC)c1. The summed E-state index contributed by atoms with van der Waals surface area (Å²) >= 11 is 0. The van der Waals surface area contributed by atoms with Crippen LogP contribution >= 0.6 is 0 Å². The molecule has 0 aliphatic rings. The Morgan fingerprint density at radius 2 is 2.05 bits per heavy atom. The average Bonchev–Trinajstić information content (AvgIpc) is 2.46. The molecule has 0 bridgehead atoms. The van der Waals surface area contributed by atoms with Gasteiger partial charge in [0.2, 0.25) is 5.91 Å². The number of rotatable bonds is 7. The summed E-state index contributed by atoms with van der Waals surface area (Å²) in [7, 11) is 1.65. The molecule has 1 rings (SSSR count). The van der Waals surface area contributed by atoms with E-state index in [1.54, 1.807) is 7.11 Å². The number of hydrogen-bond donors (Lipinski definition) is 1. The lowest BCUT2D eigenvalue weighted by Crippen LogP contribution is -2.38. The highest BCUT2D eigenvalue weighted by Gasteiger charge is 2.12. The predicted octanol–water partition coefficient (Wildman–Crippen LogP) is 2.21. The highest BCUT2D eigenvalue weighted by atomic mass is 16.5. The number of nitrogens with zero attached hydrogens (tertiary/aromatic N) is 1. The Bertz CT molecular complexity index is 403. The lowest BCUT2D eigenvalue weighted by Gasteiger charge is -2.21. The maximum Gasteiger partial charge on any atom is 0.236 e. The van der Waals surface area contributed by atoms with Crippen LogP contribution in [-0.4, -0.2) is 37.6 Å². The Morgan fingerprint density at radius 1 is 1.37 bits per heavy atom. The van der Waals surface area contributed by atoms with Gasteiger partial charge in [0, 0.05) is 19.1 Å². The van der Waals surface area contributed by atoms with Crippen LogP contribution in [0.4, 0.5) is 0 Å². The van der Waals surface area contributed by atoms with Crippen molar-refractivity contribution in [2.75, 3.05) is 26.7 Å². The minimum absolute atomic E-state index is 0.120. The number of amides is 1. The zero-order valence-electron chi connectivity index (χ0n) is 12.3. The fraction of sp³-hybridized carbons (Fsp3) is 0.533. The standard InChI is InChI=1S/C15H24N2O2/c1-5-17(6-2)15(18)11-16-12(3)13-8-7-9-14(10-13)19-4/h7-10,12,16H,5-6,11H2,1-4H3. The van der Waals surface area contributed by atoms with Gasteiger partial charge >= 0.3 is 0 Å². The third kappa shape index (κ3) is 4.56. The molecule has 1 aromatic carbocycles. The summed E-state index contributed by atoms with van der Waals surface area (Å²) in [5, 5.41) is 3.25. The second-order valence-electron chi connectivity index (χ2n) is 4.45. The van der Waals surface area contributed by atoms with Crippen molar-refractivity contribution in [3.63, 3.8) is 0 Å².